The SMILES string of the molecule is C.C.C.C.CN(N=Cc1cccc[n+]1C)c1ccc(Cl)cc1.COc1ccc(N(C)N=Cc2cc[n+](C)cc2)cc1.COc1ccc(N=Nc2n(C)cc[n+]2C)cc1.C[n+]1ccccc1C=NN1CCc2ccccc21. The van der Waals surface area contributed by atoms with Crippen molar-refractivity contribution in [3.05, 3.63) is 210 Å². The molecule has 5 heterocycles. The number of anilines is 3. The molecule has 0 N–H and O–H groups in total. The average Bonchev–Trinajstić information content (AvgIpc) is 3.98. The zero-order valence-corrected chi connectivity index (χ0v) is 43.2. The molecule has 1 aliphatic heterocycles. The second-order valence-electron chi connectivity index (χ2n) is 16.4. The predicted molar refractivity (Wildman–Crippen MR) is 315 cm³/mol. The monoisotopic (exact) mass is 1050 g/mol. The van der Waals surface area contributed by atoms with Crippen LogP contribution in [0.5, 0.6) is 11.5 Å². The molecule has 0 bridgehead atoms. The fraction of sp³-hybridized carbons (Fsp3) is 0.250. The lowest BCUT2D eigenvalue weighted by Crippen LogP contribution is -2.32. The van der Waals surface area contributed by atoms with E-state index >= 15 is 0 Å². The van der Waals surface area contributed by atoms with E-state index < -0.39 is 0 Å². The van der Waals surface area contributed by atoms with Crippen molar-refractivity contribution in [1.29, 1.82) is 0 Å². The molecule has 0 radical (unpaired) electrons. The number of fused-ring (bicyclic) bond motifs is 1. The summed E-state index contributed by atoms with van der Waals surface area (Å²) in [5.74, 6) is 2.45. The van der Waals surface area contributed by atoms with E-state index in [0.29, 0.717) is 0 Å². The van der Waals surface area contributed by atoms with E-state index in [4.69, 9.17) is 21.1 Å². The number of pyridine rings is 3. The molecule has 400 valence electrons. The number of para-hydroxylation sites is 1. The molecule has 8 aromatic rings. The number of ether oxygens (including phenoxy) is 2. The van der Waals surface area contributed by atoms with Crippen LogP contribution in [0.1, 0.15) is 52.2 Å². The van der Waals surface area contributed by atoms with Gasteiger partial charge in [0.25, 0.3) is 0 Å². The first kappa shape index (κ1) is 63.6. The van der Waals surface area contributed by atoms with Crippen LogP contribution in [0.25, 0.3) is 0 Å². The van der Waals surface area contributed by atoms with E-state index in [9.17, 15) is 0 Å². The number of imidazole rings is 1. The summed E-state index contributed by atoms with van der Waals surface area (Å²) in [6.07, 6.45) is 18.5. The Labute approximate surface area is 457 Å². The Morgan fingerprint density at radius 1 is 0.553 bits per heavy atom. The maximum atomic E-state index is 5.85. The Morgan fingerprint density at radius 2 is 1.07 bits per heavy atom. The maximum Gasteiger partial charge on any atom is 0.421 e. The highest BCUT2D eigenvalue weighted by atomic mass is 35.5. The van der Waals surface area contributed by atoms with E-state index in [2.05, 4.69) is 65.4 Å². The van der Waals surface area contributed by atoms with Crippen molar-refractivity contribution < 1.29 is 27.7 Å². The molecule has 9 rings (SSSR count). The van der Waals surface area contributed by atoms with Crippen molar-refractivity contribution >= 4 is 58.9 Å². The van der Waals surface area contributed by atoms with Gasteiger partial charge in [0.2, 0.25) is 11.4 Å². The molecule has 0 saturated carbocycles. The molecule has 15 nitrogen and oxygen atoms in total. The molecule has 0 fully saturated rings. The number of halogens is 1. The molecule has 0 aliphatic carbocycles. The first-order valence-electron chi connectivity index (χ1n) is 23.2. The summed E-state index contributed by atoms with van der Waals surface area (Å²) in [5, 5.41) is 28.2. The maximum absolute atomic E-state index is 5.85. The highest BCUT2D eigenvalue weighted by Gasteiger charge is 2.17. The third-order valence-electron chi connectivity index (χ3n) is 11.2. The second kappa shape index (κ2) is 32.6. The quantitative estimate of drug-likeness (QED) is 0.0524. The molecule has 1 aliphatic rings. The lowest BCUT2D eigenvalue weighted by atomic mass is 10.2. The van der Waals surface area contributed by atoms with Gasteiger partial charge in [0.1, 0.15) is 50.8 Å². The van der Waals surface area contributed by atoms with Crippen molar-refractivity contribution in [3.8, 4) is 11.5 Å². The van der Waals surface area contributed by atoms with Crippen LogP contribution < -0.4 is 42.8 Å². The van der Waals surface area contributed by atoms with E-state index in [-0.39, 0.29) is 29.7 Å². The number of aromatic nitrogens is 5. The van der Waals surface area contributed by atoms with Crippen LogP contribution in [0.4, 0.5) is 28.7 Å². The minimum Gasteiger partial charge on any atom is -0.497 e. The van der Waals surface area contributed by atoms with E-state index in [0.717, 1.165) is 69.4 Å². The standard InChI is InChI=1S/C15H18N3O.C15H16N3.C14H15ClN3.C12H15N4O.4CH4/c1-17-10-8-13(9-11-17)12-16-18(2)14-4-6-15(19-3)7-5-14;1-17-10-5-4-7-14(17)12-16-18-11-9-13-6-2-3-8-15(13)18;1-17-10-4-3-5-14(17)11-16-18(2)13-8-6-12(15)7-9-13;1-15-8-9-16(2)12(15)14-13-10-4-6-11(17-3)7-5-10;;;;/h4-12H,1-3H3;2-8,10,12H,9,11H2,1H3;3-11H,1-2H3;4-9H,1-3H3;4*1H4/q4*+1;;;;. The minimum atomic E-state index is 0. The van der Waals surface area contributed by atoms with Crippen molar-refractivity contribution in [2.75, 3.05) is 49.9 Å². The van der Waals surface area contributed by atoms with Gasteiger partial charge in [-0.3, -0.25) is 15.0 Å². The molecule has 0 amide bonds. The minimum absolute atomic E-state index is 0. The van der Waals surface area contributed by atoms with Crippen molar-refractivity contribution in [1.82, 2.24) is 4.57 Å². The molecule has 4 aromatic heterocycles. The van der Waals surface area contributed by atoms with Crippen LogP contribution in [-0.2, 0) is 41.7 Å². The Bertz CT molecular complexity index is 3030. The Hall–Kier alpha value is -8.56. The average molecular weight is 1050 g/mol. The van der Waals surface area contributed by atoms with Crippen LogP contribution in [-0.4, -0.2) is 58.1 Å². The number of aryl methyl sites for hydroxylation is 5. The first-order valence-corrected chi connectivity index (χ1v) is 23.5. The van der Waals surface area contributed by atoms with Gasteiger partial charge in [-0.2, -0.15) is 15.3 Å². The van der Waals surface area contributed by atoms with Crippen molar-refractivity contribution in [2.45, 2.75) is 36.1 Å². The molecule has 0 saturated heterocycles. The smallest absolute Gasteiger partial charge is 0.421 e. The number of hydrogen-bond donors (Lipinski definition) is 0. The van der Waals surface area contributed by atoms with E-state index in [1.54, 1.807) is 14.2 Å². The number of rotatable bonds is 12. The molecular formula is C60H80ClN13O2+4. The fourth-order valence-corrected chi connectivity index (χ4v) is 7.00. The predicted octanol–water partition coefficient (Wildman–Crippen LogP) is 11.4. The molecule has 0 spiro atoms. The second-order valence-corrected chi connectivity index (χ2v) is 16.9. The summed E-state index contributed by atoms with van der Waals surface area (Å²) in [4.78, 5) is 0. The first-order chi connectivity index (χ1) is 34.9. The van der Waals surface area contributed by atoms with Gasteiger partial charge in [0.15, 0.2) is 24.8 Å². The highest BCUT2D eigenvalue weighted by molar-refractivity contribution is 6.30. The summed E-state index contributed by atoms with van der Waals surface area (Å²) in [6.45, 7) is 0.965. The topological polar surface area (TPSA) is 110 Å². The van der Waals surface area contributed by atoms with E-state index in [1.807, 2.05) is 249 Å². The number of nitrogens with zero attached hydrogens (tertiary/aromatic N) is 13. The number of benzene rings is 4. The van der Waals surface area contributed by atoms with Gasteiger partial charge in [-0.05, 0) is 103 Å². The lowest BCUT2D eigenvalue weighted by molar-refractivity contribution is -0.672. The molecule has 16 heteroatoms. The van der Waals surface area contributed by atoms with Crippen LogP contribution in [0.2, 0.25) is 5.02 Å². The van der Waals surface area contributed by atoms with Gasteiger partial charge in [0.05, 0.1) is 64.0 Å². The van der Waals surface area contributed by atoms with Crippen LogP contribution >= 0.6 is 11.6 Å². The summed E-state index contributed by atoms with van der Waals surface area (Å²) < 4.78 is 20.1. The number of methoxy groups -OCH3 is 2. The Morgan fingerprint density at radius 3 is 1.61 bits per heavy atom. The third-order valence-corrected chi connectivity index (χ3v) is 11.5. The number of hydrogen-bond acceptors (Lipinski definition) is 10. The van der Waals surface area contributed by atoms with Crippen LogP contribution in [0.15, 0.2) is 208 Å². The van der Waals surface area contributed by atoms with Gasteiger partial charge in [-0.15, -0.1) is 0 Å². The fourth-order valence-electron chi connectivity index (χ4n) is 6.87. The molecule has 0 atom stereocenters. The molecule has 0 unspecified atom stereocenters. The van der Waals surface area contributed by atoms with Gasteiger partial charge >= 0.3 is 5.95 Å². The summed E-state index contributed by atoms with van der Waals surface area (Å²) in [7, 11) is 17.0. The number of azo groups is 1. The summed E-state index contributed by atoms with van der Waals surface area (Å²) >= 11 is 5.85. The van der Waals surface area contributed by atoms with Gasteiger partial charge < -0.3 is 9.47 Å². The normalized spacial score (nSPS) is 11.1. The summed E-state index contributed by atoms with van der Waals surface area (Å²) in [5.41, 5.74) is 8.62. The van der Waals surface area contributed by atoms with Crippen molar-refractivity contribution in [2.24, 2.45) is 60.8 Å². The molecule has 4 aromatic carbocycles. The number of hydrazone groups is 3. The summed E-state index contributed by atoms with van der Waals surface area (Å²) in [6, 6.07) is 47.4. The van der Waals surface area contributed by atoms with Crippen molar-refractivity contribution in [3.63, 3.8) is 0 Å². The van der Waals surface area contributed by atoms with Crippen LogP contribution in [0, 0.1) is 0 Å². The Kier molecular flexibility index (Phi) is 27.3. The van der Waals surface area contributed by atoms with E-state index in [1.165, 1.54) is 11.3 Å². The molecule has 76 heavy (non-hydrogen) atoms. The van der Waals surface area contributed by atoms with Gasteiger partial charge in [-0.1, -0.05) is 64.6 Å². The zero-order chi connectivity index (χ0) is 51.2. The lowest BCUT2D eigenvalue weighted by Gasteiger charge is -2.12. The third kappa shape index (κ3) is 19.4. The zero-order valence-electron chi connectivity index (χ0n) is 42.5. The highest BCUT2D eigenvalue weighted by Crippen LogP contribution is 2.27. The van der Waals surface area contributed by atoms with Gasteiger partial charge in [-0.25, -0.2) is 22.8 Å². The van der Waals surface area contributed by atoms with Gasteiger partial charge in [0, 0.05) is 72.7 Å². The molecular weight excluding hydrogens is 970 g/mol. The van der Waals surface area contributed by atoms with Crippen LogP contribution in [0.3, 0.4) is 0 Å². The Balaban J connectivity index is 0.000000341. The largest absolute Gasteiger partial charge is 0.497 e.